The van der Waals surface area contributed by atoms with Crippen LogP contribution in [0.5, 0.6) is 11.5 Å². The summed E-state index contributed by atoms with van der Waals surface area (Å²) >= 11 is 0. The molecule has 200 valence electrons. The van der Waals surface area contributed by atoms with Crippen molar-refractivity contribution in [1.29, 1.82) is 0 Å². The van der Waals surface area contributed by atoms with E-state index in [1.807, 2.05) is 0 Å². The van der Waals surface area contributed by atoms with Gasteiger partial charge in [0.05, 0.1) is 0 Å². The van der Waals surface area contributed by atoms with E-state index in [9.17, 15) is 10.2 Å². The third-order valence-electron chi connectivity index (χ3n) is 6.68. The van der Waals surface area contributed by atoms with Crippen LogP contribution in [0.4, 0.5) is 0 Å². The molecule has 8 nitrogen and oxygen atoms in total. The zero-order valence-corrected chi connectivity index (χ0v) is 24.0. The van der Waals surface area contributed by atoms with Gasteiger partial charge < -0.3 is 10.2 Å². The number of phenols is 2. The number of aromatic nitrogens is 6. The molecule has 0 aliphatic heterocycles. The van der Waals surface area contributed by atoms with Crippen LogP contribution >= 0.6 is 0 Å². The molecule has 0 radical (unpaired) electrons. The lowest BCUT2D eigenvalue weighted by atomic mass is 9.72. The average molecular weight is 507 g/mol. The summed E-state index contributed by atoms with van der Waals surface area (Å²) in [4.78, 5) is 3.14. The molecule has 2 aromatic heterocycles. The molecule has 0 unspecified atom stereocenters. The quantitative estimate of drug-likeness (QED) is 0.309. The first kappa shape index (κ1) is 26.9. The van der Waals surface area contributed by atoms with E-state index in [0.29, 0.717) is 11.0 Å². The fourth-order valence-corrected chi connectivity index (χ4v) is 6.21. The van der Waals surface area contributed by atoms with Gasteiger partial charge in [0.25, 0.3) is 0 Å². The summed E-state index contributed by atoms with van der Waals surface area (Å²) in [5.41, 5.74) is 4.57. The first-order chi connectivity index (χ1) is 16.8. The standard InChI is InChI=1S/C29H42N6O2/c1-26(2,3)15-28(7,8)20-11-18(36)13-22-24(20)32-34(30-22)17-35-31-23-14-19(37)12-21(25(23)33-35)29(9,10)16-27(4,5)6/h11-14,36-37H,15-17H2,1-10H3. The van der Waals surface area contributed by atoms with Crippen molar-refractivity contribution in [3.63, 3.8) is 0 Å². The van der Waals surface area contributed by atoms with Crippen molar-refractivity contribution in [2.45, 2.75) is 99.6 Å². The molecule has 2 heterocycles. The van der Waals surface area contributed by atoms with Crippen molar-refractivity contribution in [2.75, 3.05) is 0 Å². The molecule has 4 aromatic rings. The highest BCUT2D eigenvalue weighted by atomic mass is 16.3. The van der Waals surface area contributed by atoms with Gasteiger partial charge in [-0.2, -0.15) is 30.0 Å². The number of rotatable bonds is 6. The number of phenolic OH excluding ortho intramolecular Hbond substituents is 2. The van der Waals surface area contributed by atoms with Gasteiger partial charge in [0.2, 0.25) is 0 Å². The van der Waals surface area contributed by atoms with Gasteiger partial charge in [0.15, 0.2) is 6.67 Å². The maximum atomic E-state index is 10.4. The maximum absolute atomic E-state index is 10.4. The molecule has 0 saturated heterocycles. The summed E-state index contributed by atoms with van der Waals surface area (Å²) < 4.78 is 0. The van der Waals surface area contributed by atoms with E-state index in [4.69, 9.17) is 10.2 Å². The van der Waals surface area contributed by atoms with Crippen LogP contribution in [0.25, 0.3) is 22.1 Å². The molecular formula is C29H42N6O2. The molecule has 4 rings (SSSR count). The summed E-state index contributed by atoms with van der Waals surface area (Å²) in [7, 11) is 0. The number of hydrogen-bond acceptors (Lipinski definition) is 6. The van der Waals surface area contributed by atoms with Crippen LogP contribution in [0.3, 0.4) is 0 Å². The van der Waals surface area contributed by atoms with Crippen LogP contribution < -0.4 is 0 Å². The molecule has 0 aliphatic rings. The summed E-state index contributed by atoms with van der Waals surface area (Å²) in [5.74, 6) is 0.362. The summed E-state index contributed by atoms with van der Waals surface area (Å²) in [6.07, 6.45) is 1.85. The third-order valence-corrected chi connectivity index (χ3v) is 6.68. The van der Waals surface area contributed by atoms with Gasteiger partial charge in [-0.1, -0.05) is 69.2 Å². The largest absolute Gasteiger partial charge is 0.508 e. The lowest BCUT2D eigenvalue weighted by Crippen LogP contribution is -2.25. The zero-order chi connectivity index (χ0) is 27.6. The van der Waals surface area contributed by atoms with E-state index in [1.54, 1.807) is 33.9 Å². The van der Waals surface area contributed by atoms with Crippen LogP contribution in [0.15, 0.2) is 24.3 Å². The number of benzene rings is 2. The average Bonchev–Trinajstić information content (AvgIpc) is 3.25. The number of aromatic hydroxyl groups is 2. The molecule has 37 heavy (non-hydrogen) atoms. The minimum atomic E-state index is -0.209. The van der Waals surface area contributed by atoms with Gasteiger partial charge in [-0.3, -0.25) is 0 Å². The van der Waals surface area contributed by atoms with Crippen LogP contribution in [-0.4, -0.2) is 40.2 Å². The predicted octanol–water partition coefficient (Wildman–Crippen LogP) is 6.52. The molecule has 0 bridgehead atoms. The third kappa shape index (κ3) is 5.89. The highest BCUT2D eigenvalue weighted by Crippen LogP contribution is 2.41. The maximum Gasteiger partial charge on any atom is 0.172 e. The molecule has 8 heteroatoms. The first-order valence-electron chi connectivity index (χ1n) is 13.0. The van der Waals surface area contributed by atoms with Crippen LogP contribution in [0.1, 0.15) is 93.2 Å². The Bertz CT molecular complexity index is 1340. The molecule has 0 amide bonds. The van der Waals surface area contributed by atoms with Gasteiger partial charge in [0.1, 0.15) is 33.6 Å². The van der Waals surface area contributed by atoms with Gasteiger partial charge in [-0.25, -0.2) is 0 Å². The van der Waals surface area contributed by atoms with E-state index >= 15 is 0 Å². The lowest BCUT2D eigenvalue weighted by molar-refractivity contribution is 0.284. The molecule has 0 saturated carbocycles. The van der Waals surface area contributed by atoms with Crippen molar-refractivity contribution >= 4 is 22.1 Å². The van der Waals surface area contributed by atoms with Crippen molar-refractivity contribution < 1.29 is 10.2 Å². The molecule has 2 aromatic carbocycles. The molecule has 0 atom stereocenters. The van der Waals surface area contributed by atoms with Crippen molar-refractivity contribution in [1.82, 2.24) is 30.0 Å². The Morgan fingerprint density at radius 2 is 0.919 bits per heavy atom. The molecule has 2 N–H and O–H groups in total. The van der Waals surface area contributed by atoms with Crippen LogP contribution in [0, 0.1) is 10.8 Å². The number of nitrogens with zero attached hydrogens (tertiary/aromatic N) is 6. The molecule has 0 spiro atoms. The van der Waals surface area contributed by atoms with Crippen molar-refractivity contribution in [3.8, 4) is 11.5 Å². The highest BCUT2D eigenvalue weighted by molar-refractivity contribution is 5.81. The highest BCUT2D eigenvalue weighted by Gasteiger charge is 2.32. The Morgan fingerprint density at radius 1 is 0.568 bits per heavy atom. The zero-order valence-electron chi connectivity index (χ0n) is 24.0. The topological polar surface area (TPSA) is 102 Å². The Hall–Kier alpha value is -3.16. The fourth-order valence-electron chi connectivity index (χ4n) is 6.21. The minimum absolute atomic E-state index is 0.112. The molecule has 0 fully saturated rings. The van der Waals surface area contributed by atoms with Gasteiger partial charge in [-0.15, -0.1) is 0 Å². The van der Waals surface area contributed by atoms with Gasteiger partial charge in [-0.05, 0) is 57.8 Å². The molecule has 0 aliphatic carbocycles. The van der Waals surface area contributed by atoms with Crippen LogP contribution in [0.2, 0.25) is 0 Å². The second kappa shape index (κ2) is 8.71. The Morgan fingerprint density at radius 3 is 1.24 bits per heavy atom. The summed E-state index contributed by atoms with van der Waals surface area (Å²) in [6.45, 7) is 22.2. The second-order valence-electron chi connectivity index (χ2n) is 14.3. The Balaban J connectivity index is 1.74. The SMILES string of the molecule is CC(C)(C)CC(C)(C)c1cc(O)cc2nn(Cn3nc4cc(O)cc(C(C)(C)CC(C)(C)C)c4n3)nc12. The van der Waals surface area contributed by atoms with Crippen molar-refractivity contribution in [3.05, 3.63) is 35.4 Å². The van der Waals surface area contributed by atoms with Crippen LogP contribution in [-0.2, 0) is 17.5 Å². The number of hydrogen-bond donors (Lipinski definition) is 2. The van der Waals surface area contributed by atoms with E-state index < -0.39 is 0 Å². The second-order valence-corrected chi connectivity index (χ2v) is 14.3. The monoisotopic (exact) mass is 506 g/mol. The Kier molecular flexibility index (Phi) is 6.33. The minimum Gasteiger partial charge on any atom is -0.508 e. The smallest absolute Gasteiger partial charge is 0.172 e. The van der Waals surface area contributed by atoms with E-state index in [-0.39, 0.29) is 39.8 Å². The first-order valence-corrected chi connectivity index (χ1v) is 13.0. The summed E-state index contributed by atoms with van der Waals surface area (Å²) in [5, 5.41) is 39.8. The lowest BCUT2D eigenvalue weighted by Gasteiger charge is -2.33. The van der Waals surface area contributed by atoms with E-state index in [0.717, 1.165) is 35.0 Å². The molecular weight excluding hydrogens is 464 g/mol. The van der Waals surface area contributed by atoms with Gasteiger partial charge in [0, 0.05) is 12.1 Å². The van der Waals surface area contributed by atoms with E-state index in [2.05, 4.69) is 79.4 Å². The predicted molar refractivity (Wildman–Crippen MR) is 148 cm³/mol. The Labute approximate surface area is 219 Å². The van der Waals surface area contributed by atoms with Gasteiger partial charge >= 0.3 is 0 Å². The van der Waals surface area contributed by atoms with E-state index in [1.165, 1.54) is 0 Å². The summed E-state index contributed by atoms with van der Waals surface area (Å²) in [6, 6.07) is 6.90. The fraction of sp³-hybridized carbons (Fsp3) is 0.586. The van der Waals surface area contributed by atoms with Crippen molar-refractivity contribution in [2.24, 2.45) is 10.8 Å². The normalized spacial score (nSPS) is 13.7. The number of fused-ring (bicyclic) bond motifs is 2.